The van der Waals surface area contributed by atoms with Gasteiger partial charge in [-0.2, -0.15) is 0 Å². The SMILES string of the molecule is CC(C)C(=O)N1CCN(C(=O)c2cc(Br)c[nH]2)CC1. The number of hydrogen-bond acceptors (Lipinski definition) is 2. The first-order chi connectivity index (χ1) is 8.99. The van der Waals surface area contributed by atoms with Gasteiger partial charge in [0.05, 0.1) is 0 Å². The topological polar surface area (TPSA) is 56.4 Å². The highest BCUT2D eigenvalue weighted by molar-refractivity contribution is 9.10. The van der Waals surface area contributed by atoms with E-state index in [1.165, 1.54) is 0 Å². The standard InChI is InChI=1S/C13H18BrN3O2/c1-9(2)12(18)16-3-5-17(6-4-16)13(19)11-7-10(14)8-15-11/h7-9,15H,3-6H2,1-2H3. The van der Waals surface area contributed by atoms with Crippen molar-refractivity contribution >= 4 is 27.7 Å². The van der Waals surface area contributed by atoms with Crippen LogP contribution in [0.5, 0.6) is 0 Å². The summed E-state index contributed by atoms with van der Waals surface area (Å²) in [6.45, 7) is 6.21. The summed E-state index contributed by atoms with van der Waals surface area (Å²) in [5.74, 6) is 0.165. The zero-order chi connectivity index (χ0) is 14.0. The van der Waals surface area contributed by atoms with Crippen LogP contribution in [-0.4, -0.2) is 52.8 Å². The molecule has 1 N–H and O–H groups in total. The molecule has 1 aromatic rings. The molecular weight excluding hydrogens is 310 g/mol. The third-order valence-corrected chi connectivity index (χ3v) is 3.71. The van der Waals surface area contributed by atoms with Gasteiger partial charge in [-0.1, -0.05) is 13.8 Å². The molecule has 0 bridgehead atoms. The molecule has 2 amide bonds. The highest BCUT2D eigenvalue weighted by Gasteiger charge is 2.26. The van der Waals surface area contributed by atoms with Crippen molar-refractivity contribution in [1.82, 2.24) is 14.8 Å². The molecule has 6 heteroatoms. The number of hydrogen-bond donors (Lipinski definition) is 1. The molecule has 0 atom stereocenters. The Morgan fingerprint density at radius 3 is 2.26 bits per heavy atom. The van der Waals surface area contributed by atoms with E-state index < -0.39 is 0 Å². The van der Waals surface area contributed by atoms with E-state index >= 15 is 0 Å². The molecule has 0 radical (unpaired) electrons. The molecular formula is C13H18BrN3O2. The summed E-state index contributed by atoms with van der Waals surface area (Å²) in [5, 5.41) is 0. The van der Waals surface area contributed by atoms with Gasteiger partial charge in [0.2, 0.25) is 5.91 Å². The number of nitrogens with zero attached hydrogens (tertiary/aromatic N) is 2. The lowest BCUT2D eigenvalue weighted by molar-refractivity contribution is -0.135. The number of halogens is 1. The number of carbonyl (C=O) groups excluding carboxylic acids is 2. The average Bonchev–Trinajstić information content (AvgIpc) is 2.84. The minimum absolute atomic E-state index is 0.0117. The third kappa shape index (κ3) is 3.18. The van der Waals surface area contributed by atoms with Gasteiger partial charge in [-0.05, 0) is 22.0 Å². The van der Waals surface area contributed by atoms with Crippen LogP contribution in [0.2, 0.25) is 0 Å². The molecule has 5 nitrogen and oxygen atoms in total. The lowest BCUT2D eigenvalue weighted by atomic mass is 10.1. The molecule has 1 aliphatic rings. The van der Waals surface area contributed by atoms with Crippen molar-refractivity contribution in [3.8, 4) is 0 Å². The van der Waals surface area contributed by atoms with E-state index in [1.54, 1.807) is 17.2 Å². The van der Waals surface area contributed by atoms with Crippen molar-refractivity contribution in [2.45, 2.75) is 13.8 Å². The fraction of sp³-hybridized carbons (Fsp3) is 0.538. The predicted molar refractivity (Wildman–Crippen MR) is 75.8 cm³/mol. The lowest BCUT2D eigenvalue weighted by Gasteiger charge is -2.35. The maximum atomic E-state index is 12.2. The summed E-state index contributed by atoms with van der Waals surface area (Å²) >= 11 is 3.31. The van der Waals surface area contributed by atoms with E-state index in [4.69, 9.17) is 0 Å². The second-order valence-corrected chi connectivity index (χ2v) is 5.92. The zero-order valence-electron chi connectivity index (χ0n) is 11.1. The number of piperazine rings is 1. The first kappa shape index (κ1) is 14.1. The Morgan fingerprint density at radius 2 is 1.79 bits per heavy atom. The Kier molecular flexibility index (Phi) is 4.29. The summed E-state index contributed by atoms with van der Waals surface area (Å²) in [6, 6.07) is 1.77. The zero-order valence-corrected chi connectivity index (χ0v) is 12.7. The smallest absolute Gasteiger partial charge is 0.270 e. The Labute approximate surface area is 121 Å². The van der Waals surface area contributed by atoms with Crippen molar-refractivity contribution < 1.29 is 9.59 Å². The number of aromatic nitrogens is 1. The van der Waals surface area contributed by atoms with Crippen LogP contribution in [0.25, 0.3) is 0 Å². The van der Waals surface area contributed by atoms with Crippen LogP contribution in [0.4, 0.5) is 0 Å². The number of rotatable bonds is 2. The quantitative estimate of drug-likeness (QED) is 0.899. The van der Waals surface area contributed by atoms with Crippen LogP contribution in [0.3, 0.4) is 0 Å². The molecule has 104 valence electrons. The average molecular weight is 328 g/mol. The molecule has 0 aromatic carbocycles. The minimum Gasteiger partial charge on any atom is -0.356 e. The largest absolute Gasteiger partial charge is 0.356 e. The highest BCUT2D eigenvalue weighted by atomic mass is 79.9. The molecule has 0 saturated carbocycles. The molecule has 0 aliphatic carbocycles. The molecule has 2 rings (SSSR count). The van der Waals surface area contributed by atoms with Crippen LogP contribution in [0.1, 0.15) is 24.3 Å². The van der Waals surface area contributed by atoms with Gasteiger partial charge in [0.1, 0.15) is 5.69 Å². The number of amides is 2. The monoisotopic (exact) mass is 327 g/mol. The van der Waals surface area contributed by atoms with Gasteiger partial charge in [-0.15, -0.1) is 0 Å². The van der Waals surface area contributed by atoms with Gasteiger partial charge in [0, 0.05) is 42.8 Å². The van der Waals surface area contributed by atoms with Gasteiger partial charge in [-0.3, -0.25) is 9.59 Å². The summed E-state index contributed by atoms with van der Waals surface area (Å²) in [6.07, 6.45) is 1.74. The van der Waals surface area contributed by atoms with E-state index in [2.05, 4.69) is 20.9 Å². The Hall–Kier alpha value is -1.30. The highest BCUT2D eigenvalue weighted by Crippen LogP contribution is 2.14. The van der Waals surface area contributed by atoms with E-state index in [1.807, 2.05) is 18.7 Å². The van der Waals surface area contributed by atoms with Crippen molar-refractivity contribution in [2.75, 3.05) is 26.2 Å². The van der Waals surface area contributed by atoms with Gasteiger partial charge in [0.25, 0.3) is 5.91 Å². The van der Waals surface area contributed by atoms with Gasteiger partial charge < -0.3 is 14.8 Å². The van der Waals surface area contributed by atoms with Crippen molar-refractivity contribution in [1.29, 1.82) is 0 Å². The van der Waals surface area contributed by atoms with Crippen LogP contribution < -0.4 is 0 Å². The molecule has 0 unspecified atom stereocenters. The van der Waals surface area contributed by atoms with Gasteiger partial charge >= 0.3 is 0 Å². The molecule has 2 heterocycles. The second-order valence-electron chi connectivity index (χ2n) is 5.00. The van der Waals surface area contributed by atoms with Crippen LogP contribution in [0.15, 0.2) is 16.7 Å². The van der Waals surface area contributed by atoms with Crippen molar-refractivity contribution in [2.24, 2.45) is 5.92 Å². The fourth-order valence-corrected chi connectivity index (χ4v) is 2.50. The molecule has 1 fully saturated rings. The number of aromatic amines is 1. The Bertz CT molecular complexity index is 476. The lowest BCUT2D eigenvalue weighted by Crippen LogP contribution is -2.51. The van der Waals surface area contributed by atoms with E-state index in [0.717, 1.165) is 4.47 Å². The first-order valence-corrected chi connectivity index (χ1v) is 7.20. The summed E-state index contributed by atoms with van der Waals surface area (Å²) in [7, 11) is 0. The maximum Gasteiger partial charge on any atom is 0.270 e. The van der Waals surface area contributed by atoms with Gasteiger partial charge in [-0.25, -0.2) is 0 Å². The van der Waals surface area contributed by atoms with Crippen molar-refractivity contribution in [3.63, 3.8) is 0 Å². The van der Waals surface area contributed by atoms with Crippen molar-refractivity contribution in [3.05, 3.63) is 22.4 Å². The molecule has 0 spiro atoms. The van der Waals surface area contributed by atoms with E-state index in [-0.39, 0.29) is 17.7 Å². The van der Waals surface area contributed by atoms with Crippen LogP contribution in [0, 0.1) is 5.92 Å². The first-order valence-electron chi connectivity index (χ1n) is 6.41. The Morgan fingerprint density at radius 1 is 1.21 bits per heavy atom. The molecule has 19 heavy (non-hydrogen) atoms. The molecule has 1 aromatic heterocycles. The second kappa shape index (κ2) is 5.77. The summed E-state index contributed by atoms with van der Waals surface area (Å²) < 4.78 is 0.865. The molecule has 1 saturated heterocycles. The van der Waals surface area contributed by atoms with E-state index in [9.17, 15) is 9.59 Å². The molecule has 1 aliphatic heterocycles. The maximum absolute atomic E-state index is 12.2. The fourth-order valence-electron chi connectivity index (χ4n) is 2.16. The van der Waals surface area contributed by atoms with E-state index in [0.29, 0.717) is 31.9 Å². The van der Waals surface area contributed by atoms with Gasteiger partial charge in [0.15, 0.2) is 0 Å². The number of carbonyl (C=O) groups is 2. The third-order valence-electron chi connectivity index (χ3n) is 3.25. The minimum atomic E-state index is -0.0117. The number of H-pyrrole nitrogens is 1. The van der Waals surface area contributed by atoms with Crippen LogP contribution in [-0.2, 0) is 4.79 Å². The van der Waals surface area contributed by atoms with Crippen LogP contribution >= 0.6 is 15.9 Å². The normalized spacial score (nSPS) is 16.0. The summed E-state index contributed by atoms with van der Waals surface area (Å²) in [4.78, 5) is 30.6. The Balaban J connectivity index is 1.93. The summed E-state index contributed by atoms with van der Waals surface area (Å²) in [5.41, 5.74) is 0.579. The number of nitrogens with one attached hydrogen (secondary N) is 1. The predicted octanol–water partition coefficient (Wildman–Crippen LogP) is 1.72.